The van der Waals surface area contributed by atoms with Gasteiger partial charge in [-0.05, 0) is 13.0 Å². The fourth-order valence-corrected chi connectivity index (χ4v) is 2.09. The van der Waals surface area contributed by atoms with Gasteiger partial charge in [0.1, 0.15) is 10.6 Å². The molecule has 0 saturated carbocycles. The highest BCUT2D eigenvalue weighted by molar-refractivity contribution is 8.13. The number of hydrogen-bond acceptors (Lipinski definition) is 4. The number of carbonyl (C=O) groups is 1. The second-order valence-corrected chi connectivity index (χ2v) is 6.43. The molecule has 1 rings (SSSR count). The molecule has 1 unspecified atom stereocenters. The van der Waals surface area contributed by atoms with E-state index < -0.39 is 9.05 Å². The molecule has 0 fully saturated rings. The van der Waals surface area contributed by atoms with E-state index in [-0.39, 0.29) is 22.6 Å². The van der Waals surface area contributed by atoms with Crippen molar-refractivity contribution in [3.63, 3.8) is 0 Å². The Morgan fingerprint density at radius 1 is 1.61 bits per heavy atom. The van der Waals surface area contributed by atoms with E-state index in [1.165, 1.54) is 23.9 Å². The maximum Gasteiger partial charge on any atom is 0.268 e. The van der Waals surface area contributed by atoms with Gasteiger partial charge in [0.05, 0.1) is 6.10 Å². The van der Waals surface area contributed by atoms with Gasteiger partial charge >= 0.3 is 0 Å². The Hall–Kier alpha value is -1.05. The molecule has 8 heteroatoms. The second kappa shape index (κ2) is 5.73. The maximum atomic E-state index is 11.8. The predicted molar refractivity (Wildman–Crippen MR) is 67.3 cm³/mol. The van der Waals surface area contributed by atoms with E-state index in [0.29, 0.717) is 6.54 Å². The summed E-state index contributed by atoms with van der Waals surface area (Å²) >= 11 is 0. The summed E-state index contributed by atoms with van der Waals surface area (Å²) in [4.78, 5) is 11.7. The van der Waals surface area contributed by atoms with Gasteiger partial charge in [-0.1, -0.05) is 0 Å². The van der Waals surface area contributed by atoms with Crippen molar-refractivity contribution in [2.45, 2.75) is 17.9 Å². The van der Waals surface area contributed by atoms with E-state index in [1.807, 2.05) is 0 Å². The number of ether oxygens (including phenoxy) is 1. The number of nitrogens with one attached hydrogen (secondary N) is 1. The number of methoxy groups -OCH3 is 1. The summed E-state index contributed by atoms with van der Waals surface area (Å²) in [6, 6.07) is 1.23. The topological polar surface area (TPSA) is 77.4 Å². The number of amides is 1. The normalized spacial score (nSPS) is 13.3. The summed E-state index contributed by atoms with van der Waals surface area (Å²) in [7, 11) is 4.49. The van der Waals surface area contributed by atoms with E-state index in [0.717, 1.165) is 0 Å². The first-order chi connectivity index (χ1) is 8.25. The van der Waals surface area contributed by atoms with Gasteiger partial charge in [-0.3, -0.25) is 4.79 Å². The number of nitrogens with zero attached hydrogens (tertiary/aromatic N) is 1. The number of aromatic nitrogens is 1. The average Bonchev–Trinajstić information content (AvgIpc) is 2.67. The number of rotatable bonds is 5. The van der Waals surface area contributed by atoms with Crippen LogP contribution in [0.4, 0.5) is 0 Å². The first kappa shape index (κ1) is 15.0. The standard InChI is InChI=1S/C10H15ClN2O4S/c1-7(17-3)5-12-10(14)9-4-8(6-13(9)2)18(11,15)16/h4,6-7H,5H2,1-3H3,(H,12,14). The largest absolute Gasteiger partial charge is 0.380 e. The molecule has 6 nitrogen and oxygen atoms in total. The van der Waals surface area contributed by atoms with Crippen molar-refractivity contribution in [1.82, 2.24) is 9.88 Å². The van der Waals surface area contributed by atoms with Gasteiger partial charge in [0, 0.05) is 37.6 Å². The lowest BCUT2D eigenvalue weighted by Gasteiger charge is -2.10. The maximum absolute atomic E-state index is 11.8. The average molecular weight is 295 g/mol. The molecule has 0 saturated heterocycles. The van der Waals surface area contributed by atoms with Crippen molar-refractivity contribution in [3.8, 4) is 0 Å². The lowest BCUT2D eigenvalue weighted by Crippen LogP contribution is -2.32. The van der Waals surface area contributed by atoms with E-state index in [4.69, 9.17) is 15.4 Å². The van der Waals surface area contributed by atoms with Crippen LogP contribution in [-0.2, 0) is 20.8 Å². The van der Waals surface area contributed by atoms with Gasteiger partial charge in [0.25, 0.3) is 15.0 Å². The van der Waals surface area contributed by atoms with Crippen LogP contribution in [0.5, 0.6) is 0 Å². The molecule has 102 valence electrons. The van der Waals surface area contributed by atoms with Crippen LogP contribution in [0.15, 0.2) is 17.2 Å². The Labute approximate surface area is 110 Å². The lowest BCUT2D eigenvalue weighted by atomic mass is 10.3. The van der Waals surface area contributed by atoms with Gasteiger partial charge in [-0.25, -0.2) is 8.42 Å². The van der Waals surface area contributed by atoms with Crippen molar-refractivity contribution in [3.05, 3.63) is 18.0 Å². The Morgan fingerprint density at radius 2 is 2.22 bits per heavy atom. The third kappa shape index (κ3) is 3.72. The first-order valence-electron chi connectivity index (χ1n) is 5.17. The zero-order valence-corrected chi connectivity index (χ0v) is 11.9. The Kier molecular flexibility index (Phi) is 4.78. The minimum atomic E-state index is -3.83. The van der Waals surface area contributed by atoms with Gasteiger partial charge in [-0.2, -0.15) is 0 Å². The predicted octanol–water partition coefficient (Wildman–Crippen LogP) is 0.717. The SMILES string of the molecule is COC(C)CNC(=O)c1cc(S(=O)(=O)Cl)cn1C. The third-order valence-corrected chi connectivity index (χ3v) is 3.77. The number of hydrogen-bond donors (Lipinski definition) is 1. The zero-order valence-electron chi connectivity index (χ0n) is 10.3. The molecule has 1 aromatic heterocycles. The Bertz CT molecular complexity index is 538. The van der Waals surface area contributed by atoms with Gasteiger partial charge < -0.3 is 14.6 Å². The van der Waals surface area contributed by atoms with Gasteiger partial charge in [0.2, 0.25) is 0 Å². The highest BCUT2D eigenvalue weighted by Crippen LogP contribution is 2.17. The van der Waals surface area contributed by atoms with Crippen LogP contribution in [0, 0.1) is 0 Å². The molecule has 1 heterocycles. The number of halogens is 1. The van der Waals surface area contributed by atoms with Crippen molar-refractivity contribution < 1.29 is 17.9 Å². The van der Waals surface area contributed by atoms with Crippen LogP contribution < -0.4 is 5.32 Å². The Balaban J connectivity index is 2.84. The van der Waals surface area contributed by atoms with Crippen molar-refractivity contribution in [2.24, 2.45) is 7.05 Å². The molecule has 1 atom stereocenters. The molecular formula is C10H15ClN2O4S. The minimum Gasteiger partial charge on any atom is -0.380 e. The minimum absolute atomic E-state index is 0.100. The fraction of sp³-hybridized carbons (Fsp3) is 0.500. The van der Waals surface area contributed by atoms with Crippen LogP contribution >= 0.6 is 10.7 Å². The van der Waals surface area contributed by atoms with Crippen LogP contribution in [-0.4, -0.2) is 38.7 Å². The van der Waals surface area contributed by atoms with Crippen molar-refractivity contribution in [1.29, 1.82) is 0 Å². The first-order valence-corrected chi connectivity index (χ1v) is 7.48. The van der Waals surface area contributed by atoms with E-state index in [1.54, 1.807) is 14.0 Å². The van der Waals surface area contributed by atoms with E-state index in [2.05, 4.69) is 5.32 Å². The van der Waals surface area contributed by atoms with Crippen LogP contribution in [0.2, 0.25) is 0 Å². The van der Waals surface area contributed by atoms with Crippen LogP contribution in [0.3, 0.4) is 0 Å². The highest BCUT2D eigenvalue weighted by atomic mass is 35.7. The molecule has 0 spiro atoms. The molecule has 0 aliphatic heterocycles. The summed E-state index contributed by atoms with van der Waals surface area (Å²) in [6.07, 6.45) is 1.17. The summed E-state index contributed by atoms with van der Waals surface area (Å²) in [5, 5.41) is 2.63. The van der Waals surface area contributed by atoms with Crippen LogP contribution in [0.1, 0.15) is 17.4 Å². The number of carbonyl (C=O) groups excluding carboxylic acids is 1. The summed E-state index contributed by atoms with van der Waals surface area (Å²) < 4.78 is 28.7. The Morgan fingerprint density at radius 3 is 2.67 bits per heavy atom. The molecule has 1 amide bonds. The monoisotopic (exact) mass is 294 g/mol. The molecule has 0 radical (unpaired) electrons. The second-order valence-electron chi connectivity index (χ2n) is 3.87. The summed E-state index contributed by atoms with van der Waals surface area (Å²) in [6.45, 7) is 2.14. The zero-order chi connectivity index (χ0) is 13.9. The van der Waals surface area contributed by atoms with Gasteiger partial charge in [-0.15, -0.1) is 0 Å². The molecule has 18 heavy (non-hydrogen) atoms. The molecule has 1 aromatic rings. The molecule has 0 aromatic carbocycles. The number of aryl methyl sites for hydroxylation is 1. The molecular weight excluding hydrogens is 280 g/mol. The van der Waals surface area contributed by atoms with E-state index >= 15 is 0 Å². The fourth-order valence-electron chi connectivity index (χ4n) is 1.30. The summed E-state index contributed by atoms with van der Waals surface area (Å²) in [5.41, 5.74) is 0.220. The molecule has 1 N–H and O–H groups in total. The molecule has 0 aliphatic carbocycles. The molecule has 0 bridgehead atoms. The van der Waals surface area contributed by atoms with Crippen molar-refractivity contribution in [2.75, 3.05) is 13.7 Å². The quantitative estimate of drug-likeness (QED) is 0.812. The summed E-state index contributed by atoms with van der Waals surface area (Å²) in [5.74, 6) is -0.382. The third-order valence-electron chi connectivity index (χ3n) is 2.45. The highest BCUT2D eigenvalue weighted by Gasteiger charge is 2.18. The smallest absolute Gasteiger partial charge is 0.268 e. The molecule has 0 aliphatic rings. The van der Waals surface area contributed by atoms with Gasteiger partial charge in [0.15, 0.2) is 0 Å². The van der Waals surface area contributed by atoms with E-state index in [9.17, 15) is 13.2 Å². The van der Waals surface area contributed by atoms with Crippen molar-refractivity contribution >= 4 is 25.6 Å². The lowest BCUT2D eigenvalue weighted by molar-refractivity contribution is 0.0863. The van der Waals surface area contributed by atoms with Crippen LogP contribution in [0.25, 0.3) is 0 Å².